The second-order valence-electron chi connectivity index (χ2n) is 33.7. The van der Waals surface area contributed by atoms with Crippen molar-refractivity contribution in [3.8, 4) is 169 Å². The lowest BCUT2D eigenvalue weighted by molar-refractivity contribution is 1.07. The fourth-order valence-electron chi connectivity index (χ4n) is 18.6. The summed E-state index contributed by atoms with van der Waals surface area (Å²) >= 11 is 5.60. The molecule has 26 rings (SSSR count). The molecule has 0 N–H and O–H groups in total. The van der Waals surface area contributed by atoms with Crippen LogP contribution in [0.5, 0.6) is 0 Å². The van der Waals surface area contributed by atoms with E-state index in [1.807, 2.05) is 216 Å². The first-order valence-corrected chi connectivity index (χ1v) is 48.1. The van der Waals surface area contributed by atoms with Gasteiger partial charge in [-0.3, -0.25) is 0 Å². The van der Waals surface area contributed by atoms with E-state index < -0.39 is 0 Å². The third kappa shape index (κ3) is 16.4. The van der Waals surface area contributed by atoms with Gasteiger partial charge in [0.25, 0.3) is 0 Å². The zero-order chi connectivity index (χ0) is 90.9. The number of rotatable bonds is 15. The van der Waals surface area contributed by atoms with Crippen molar-refractivity contribution in [3.63, 3.8) is 0 Å². The van der Waals surface area contributed by atoms with Crippen LogP contribution < -0.4 is 0 Å². The fraction of sp³-hybridized carbons (Fsp3) is 0. The Morgan fingerprint density at radius 2 is 0.321 bits per heavy atom. The minimum atomic E-state index is 0.653. The molecule has 0 aliphatic rings. The van der Waals surface area contributed by atoms with Gasteiger partial charge in [0.2, 0.25) is 0 Å². The molecule has 0 radical (unpaired) electrons. The maximum Gasteiger partial charge on any atom is 0.164 e. The molecule has 0 saturated carbocycles. The molecule has 0 saturated heterocycles. The molecular weight excluding hydrogens is 1720 g/mol. The topological polar surface area (TPSA) is 116 Å². The number of nitrogens with zero attached hydrogens (tertiary/aromatic N) is 9. The molecular formula is C125H79N9S3. The van der Waals surface area contributed by atoms with Crippen LogP contribution in [0.1, 0.15) is 0 Å². The monoisotopic (exact) mass is 1800 g/mol. The maximum absolute atomic E-state index is 5.03. The summed E-state index contributed by atoms with van der Waals surface area (Å²) in [7, 11) is 0. The van der Waals surface area contributed by atoms with Crippen molar-refractivity contribution in [1.29, 1.82) is 0 Å². The summed E-state index contributed by atoms with van der Waals surface area (Å²) in [5, 5.41) is 12.6. The highest BCUT2D eigenvalue weighted by molar-refractivity contribution is 7.27. The van der Waals surface area contributed by atoms with Crippen molar-refractivity contribution >= 4 is 116 Å². The second-order valence-corrected chi connectivity index (χ2v) is 36.8. The van der Waals surface area contributed by atoms with Gasteiger partial charge >= 0.3 is 0 Å². The fourth-order valence-corrected chi connectivity index (χ4v) is 22.3. The highest BCUT2D eigenvalue weighted by atomic mass is 32.1. The molecule has 12 heteroatoms. The van der Waals surface area contributed by atoms with Crippen molar-refractivity contribution in [1.82, 2.24) is 44.9 Å². The van der Waals surface area contributed by atoms with E-state index in [2.05, 4.69) is 297 Å². The first kappa shape index (κ1) is 82.7. The number of hydrogen-bond donors (Lipinski definition) is 0. The molecule has 0 aliphatic carbocycles. The van der Waals surface area contributed by atoms with Crippen LogP contribution in [0.25, 0.3) is 251 Å². The Hall–Kier alpha value is -17.4. The second kappa shape index (κ2) is 36.6. The Balaban J connectivity index is 0.000000112. The van der Waals surface area contributed by atoms with E-state index in [1.54, 1.807) is 0 Å². The van der Waals surface area contributed by atoms with E-state index in [9.17, 15) is 0 Å². The molecule has 9 nitrogen and oxygen atoms in total. The Morgan fingerprint density at radius 1 is 0.109 bits per heavy atom. The number of fused-ring (bicyclic) bond motifs is 11. The first-order chi connectivity index (χ1) is 67.9. The maximum atomic E-state index is 5.03. The number of benzene rings is 20. The lowest BCUT2D eigenvalue weighted by Gasteiger charge is -2.14. The van der Waals surface area contributed by atoms with Gasteiger partial charge in [-0.05, 0) is 125 Å². The van der Waals surface area contributed by atoms with Gasteiger partial charge in [0.05, 0.1) is 0 Å². The van der Waals surface area contributed by atoms with Crippen LogP contribution in [0.2, 0.25) is 0 Å². The van der Waals surface area contributed by atoms with Gasteiger partial charge in [0.15, 0.2) is 52.4 Å². The normalized spacial score (nSPS) is 11.4. The van der Waals surface area contributed by atoms with Gasteiger partial charge < -0.3 is 0 Å². The van der Waals surface area contributed by atoms with E-state index in [0.717, 1.165) is 77.5 Å². The summed E-state index contributed by atoms with van der Waals surface area (Å²) in [5.74, 6) is 5.92. The molecule has 0 fully saturated rings. The minimum absolute atomic E-state index is 0.653. The predicted octanol–water partition coefficient (Wildman–Crippen LogP) is 34.0. The summed E-state index contributed by atoms with van der Waals surface area (Å²) < 4.78 is 7.93. The van der Waals surface area contributed by atoms with Crippen LogP contribution >= 0.6 is 34.0 Å². The molecule has 0 bridgehead atoms. The Morgan fingerprint density at radius 3 is 0.693 bits per heavy atom. The lowest BCUT2D eigenvalue weighted by atomic mass is 9.91. The summed E-state index contributed by atoms with van der Waals surface area (Å²) in [5.41, 5.74) is 23.1. The molecule has 137 heavy (non-hydrogen) atoms. The van der Waals surface area contributed by atoms with Gasteiger partial charge in [0.1, 0.15) is 0 Å². The summed E-state index contributed by atoms with van der Waals surface area (Å²) in [6.07, 6.45) is 0. The van der Waals surface area contributed by atoms with Crippen LogP contribution in [-0.2, 0) is 0 Å². The summed E-state index contributed by atoms with van der Waals surface area (Å²) in [6, 6.07) is 168. The highest BCUT2D eigenvalue weighted by Gasteiger charge is 2.23. The lowest BCUT2D eigenvalue weighted by Crippen LogP contribution is -2.00. The standard InChI is InChI=1S/2C43H27N3S.C39H25N3S/c1-3-13-28(14-4-1)41-44-42(29-15-5-2-6-16-29)46-43(45-41)38-26-25-32(34-19-7-8-20-35(34)38)30-17-11-18-31(27-30)33-22-12-23-37-36-21-9-10-24-39(36)47-40(33)37;1-3-12-29(13-4-1)41-44-42(30-14-5-2-6-15-30)46-43(45-41)31-24-22-28(23-25-31)32-26-27-35(34-17-8-7-16-33(32)34)37-19-11-20-38-36-18-9-10-21-39(36)47-40(37)38;1-3-12-26(13-4-1)37-40-38(27-14-5-2-6-15-27)42-39(41-37)31-19-10-17-29(25-31)28-16-9-18-30(24-28)32-21-11-22-34-33-20-7-8-23-35(33)43-36(32)34/h2*1-27H;1-25H. The zero-order valence-electron chi connectivity index (χ0n) is 73.9. The van der Waals surface area contributed by atoms with Crippen LogP contribution in [0.15, 0.2) is 479 Å². The van der Waals surface area contributed by atoms with Crippen molar-refractivity contribution < 1.29 is 0 Å². The van der Waals surface area contributed by atoms with Crippen LogP contribution in [-0.4, -0.2) is 44.9 Å². The average Bonchev–Trinajstić information content (AvgIpc) is 1.40. The van der Waals surface area contributed by atoms with Crippen LogP contribution in [0.4, 0.5) is 0 Å². The van der Waals surface area contributed by atoms with Gasteiger partial charge in [0, 0.05) is 116 Å². The molecule has 20 aromatic carbocycles. The number of hydrogen-bond acceptors (Lipinski definition) is 12. The van der Waals surface area contributed by atoms with Crippen molar-refractivity contribution in [3.05, 3.63) is 479 Å². The van der Waals surface area contributed by atoms with Crippen molar-refractivity contribution in [2.75, 3.05) is 0 Å². The summed E-state index contributed by atoms with van der Waals surface area (Å²) in [4.78, 5) is 44.3. The van der Waals surface area contributed by atoms with Gasteiger partial charge in [-0.2, -0.15) is 0 Å². The Labute approximate surface area is 803 Å². The van der Waals surface area contributed by atoms with Crippen LogP contribution in [0, 0.1) is 0 Å². The Kier molecular flexibility index (Phi) is 22.1. The molecule has 0 atom stereocenters. The predicted molar refractivity (Wildman–Crippen MR) is 575 cm³/mol. The van der Waals surface area contributed by atoms with E-state index in [4.69, 9.17) is 44.9 Å². The van der Waals surface area contributed by atoms with E-state index in [1.165, 1.54) is 121 Å². The molecule has 642 valence electrons. The molecule has 0 unspecified atom stereocenters. The van der Waals surface area contributed by atoms with E-state index in [0.29, 0.717) is 52.4 Å². The van der Waals surface area contributed by atoms with E-state index >= 15 is 0 Å². The SMILES string of the molecule is c1ccc(-c2nc(-c3ccccc3)nc(-c3ccc(-c4ccc(-c5cccc6c5sc5ccccc56)c5ccccc45)cc3)n2)cc1.c1ccc(-c2nc(-c3ccccc3)nc(-c3ccc(-c4cccc(-c5cccc6c5sc5ccccc56)c4)c4ccccc34)n2)cc1.c1ccc(-c2nc(-c3ccccc3)nc(-c3cccc(-c4cccc(-c5cccc6c5sc5ccccc56)c4)c3)n2)cc1. The van der Waals surface area contributed by atoms with Gasteiger partial charge in [-0.1, -0.05) is 437 Å². The van der Waals surface area contributed by atoms with Crippen molar-refractivity contribution in [2.45, 2.75) is 0 Å². The third-order valence-electron chi connectivity index (χ3n) is 25.3. The zero-order valence-corrected chi connectivity index (χ0v) is 76.3. The molecule has 0 amide bonds. The number of thiophene rings is 3. The molecule has 0 aliphatic heterocycles. The third-order valence-corrected chi connectivity index (χ3v) is 28.9. The van der Waals surface area contributed by atoms with Gasteiger partial charge in [-0.25, -0.2) is 44.9 Å². The van der Waals surface area contributed by atoms with E-state index in [-0.39, 0.29) is 0 Å². The molecule has 6 aromatic heterocycles. The Bertz CT molecular complexity index is 8850. The number of aromatic nitrogens is 9. The molecule has 26 aromatic rings. The largest absolute Gasteiger partial charge is 0.208 e. The first-order valence-electron chi connectivity index (χ1n) is 45.7. The van der Waals surface area contributed by atoms with Crippen LogP contribution in [0.3, 0.4) is 0 Å². The highest BCUT2D eigenvalue weighted by Crippen LogP contribution is 2.48. The minimum Gasteiger partial charge on any atom is -0.208 e. The quantitative estimate of drug-likeness (QED) is 0.0989. The average molecular weight is 1800 g/mol. The molecule has 0 spiro atoms. The van der Waals surface area contributed by atoms with Gasteiger partial charge in [-0.15, -0.1) is 34.0 Å². The summed E-state index contributed by atoms with van der Waals surface area (Å²) in [6.45, 7) is 0. The molecule has 6 heterocycles. The smallest absolute Gasteiger partial charge is 0.164 e. The van der Waals surface area contributed by atoms with Crippen molar-refractivity contribution in [2.24, 2.45) is 0 Å².